The van der Waals surface area contributed by atoms with Gasteiger partial charge in [0.2, 0.25) is 0 Å². The van der Waals surface area contributed by atoms with Crippen molar-refractivity contribution in [2.75, 3.05) is 12.4 Å². The maximum Gasteiger partial charge on any atom is 0.143 e. The topological polar surface area (TPSA) is 45.0 Å². The molecule has 0 bridgehead atoms. The van der Waals surface area contributed by atoms with E-state index in [1.165, 1.54) is 14.2 Å². The number of fused-ring (bicyclic) bond motifs is 1. The number of anilines is 1. The number of rotatable bonds is 3. The zero-order valence-electron chi connectivity index (χ0n) is 11.6. The third-order valence-corrected chi connectivity index (χ3v) is 5.48. The van der Waals surface area contributed by atoms with E-state index in [9.17, 15) is 5.26 Å². The molecule has 1 aromatic heterocycles. The van der Waals surface area contributed by atoms with E-state index in [0.29, 0.717) is 5.56 Å². The van der Waals surface area contributed by atoms with E-state index in [4.69, 9.17) is 4.74 Å². The molecule has 1 atom stereocenters. The Hall–Kier alpha value is -1.51. The van der Waals surface area contributed by atoms with Crippen LogP contribution in [0.3, 0.4) is 0 Å². The fourth-order valence-electron chi connectivity index (χ4n) is 2.79. The molecule has 0 aliphatic heterocycles. The molecular formula is C16H15BrN2OS. The van der Waals surface area contributed by atoms with Crippen LogP contribution in [-0.4, -0.2) is 7.11 Å². The number of nitriles is 1. The third kappa shape index (κ3) is 2.78. The lowest BCUT2D eigenvalue weighted by molar-refractivity contribution is 0.415. The molecule has 1 aromatic carbocycles. The lowest BCUT2D eigenvalue weighted by atomic mass is 9.93. The Morgan fingerprint density at radius 3 is 3.10 bits per heavy atom. The summed E-state index contributed by atoms with van der Waals surface area (Å²) < 4.78 is 6.57. The van der Waals surface area contributed by atoms with Crippen molar-refractivity contribution in [3.05, 3.63) is 44.1 Å². The minimum Gasteiger partial charge on any atom is -0.495 e. The Balaban J connectivity index is 1.97. The van der Waals surface area contributed by atoms with Crippen molar-refractivity contribution in [3.8, 4) is 11.8 Å². The van der Waals surface area contributed by atoms with Crippen molar-refractivity contribution < 1.29 is 4.74 Å². The Morgan fingerprint density at radius 2 is 2.33 bits per heavy atom. The highest BCUT2D eigenvalue weighted by molar-refractivity contribution is 9.11. The summed E-state index contributed by atoms with van der Waals surface area (Å²) in [6.45, 7) is 0. The van der Waals surface area contributed by atoms with Crippen LogP contribution in [0.25, 0.3) is 0 Å². The second-order valence-corrected chi connectivity index (χ2v) is 7.53. The average Bonchev–Trinajstić information content (AvgIpc) is 2.88. The maximum atomic E-state index is 9.32. The highest BCUT2D eigenvalue weighted by Gasteiger charge is 2.24. The monoisotopic (exact) mass is 362 g/mol. The molecule has 1 unspecified atom stereocenters. The normalized spacial score (nSPS) is 16.9. The van der Waals surface area contributed by atoms with Crippen molar-refractivity contribution in [2.45, 2.75) is 25.3 Å². The lowest BCUT2D eigenvalue weighted by Crippen LogP contribution is -2.16. The summed E-state index contributed by atoms with van der Waals surface area (Å²) in [5.74, 6) is 0.718. The molecule has 1 heterocycles. The van der Waals surface area contributed by atoms with Crippen LogP contribution in [0.2, 0.25) is 0 Å². The molecule has 3 rings (SSSR count). The van der Waals surface area contributed by atoms with E-state index in [2.05, 4.69) is 33.4 Å². The minimum absolute atomic E-state index is 0.236. The molecule has 108 valence electrons. The van der Waals surface area contributed by atoms with Crippen LogP contribution in [0.5, 0.6) is 5.75 Å². The van der Waals surface area contributed by atoms with E-state index < -0.39 is 0 Å². The van der Waals surface area contributed by atoms with E-state index >= 15 is 0 Å². The first-order valence-corrected chi connectivity index (χ1v) is 8.45. The van der Waals surface area contributed by atoms with Crippen LogP contribution in [0.15, 0.2) is 28.1 Å². The smallest absolute Gasteiger partial charge is 0.143 e. The molecular weight excluding hydrogens is 348 g/mol. The van der Waals surface area contributed by atoms with Gasteiger partial charge in [-0.05, 0) is 59.0 Å². The number of para-hydroxylation sites is 1. The molecule has 0 amide bonds. The molecule has 2 aromatic rings. The van der Waals surface area contributed by atoms with Crippen LogP contribution in [-0.2, 0) is 6.42 Å². The number of nitrogens with zero attached hydrogens (tertiary/aromatic N) is 1. The van der Waals surface area contributed by atoms with Gasteiger partial charge in [-0.15, -0.1) is 11.3 Å². The van der Waals surface area contributed by atoms with E-state index in [1.807, 2.05) is 18.2 Å². The van der Waals surface area contributed by atoms with E-state index in [-0.39, 0.29) is 6.04 Å². The molecule has 0 radical (unpaired) electrons. The predicted molar refractivity (Wildman–Crippen MR) is 89.0 cm³/mol. The van der Waals surface area contributed by atoms with Crippen molar-refractivity contribution in [3.63, 3.8) is 0 Å². The molecule has 0 fully saturated rings. The Kier molecular flexibility index (Phi) is 4.18. The first-order chi connectivity index (χ1) is 10.2. The average molecular weight is 363 g/mol. The number of nitrogens with one attached hydrogen (secondary N) is 1. The first-order valence-electron chi connectivity index (χ1n) is 6.84. The van der Waals surface area contributed by atoms with Crippen LogP contribution >= 0.6 is 27.3 Å². The number of thiophene rings is 1. The summed E-state index contributed by atoms with van der Waals surface area (Å²) in [5.41, 5.74) is 2.76. The predicted octanol–water partition coefficient (Wildman–Crippen LogP) is 4.88. The van der Waals surface area contributed by atoms with Crippen molar-refractivity contribution >= 4 is 33.0 Å². The third-order valence-electron chi connectivity index (χ3n) is 3.77. The maximum absolute atomic E-state index is 9.32. The van der Waals surface area contributed by atoms with Gasteiger partial charge in [0.05, 0.1) is 28.2 Å². The number of benzene rings is 1. The van der Waals surface area contributed by atoms with Gasteiger partial charge in [-0.25, -0.2) is 0 Å². The largest absolute Gasteiger partial charge is 0.495 e. The Bertz CT molecular complexity index is 705. The molecule has 0 saturated heterocycles. The zero-order chi connectivity index (χ0) is 14.8. The summed E-state index contributed by atoms with van der Waals surface area (Å²) >= 11 is 5.38. The van der Waals surface area contributed by atoms with Gasteiger partial charge in [0, 0.05) is 4.88 Å². The number of hydrogen-bond donors (Lipinski definition) is 1. The highest BCUT2D eigenvalue weighted by Crippen LogP contribution is 2.41. The van der Waals surface area contributed by atoms with Gasteiger partial charge < -0.3 is 10.1 Å². The summed E-state index contributed by atoms with van der Waals surface area (Å²) in [6.07, 6.45) is 3.37. The van der Waals surface area contributed by atoms with Gasteiger partial charge in [-0.2, -0.15) is 5.26 Å². The Labute approximate surface area is 136 Å². The molecule has 1 aliphatic carbocycles. The molecule has 1 aliphatic rings. The molecule has 5 heteroatoms. The molecule has 21 heavy (non-hydrogen) atoms. The number of halogens is 1. The van der Waals surface area contributed by atoms with Gasteiger partial charge in [-0.3, -0.25) is 0 Å². The summed E-state index contributed by atoms with van der Waals surface area (Å²) in [7, 11) is 1.63. The summed E-state index contributed by atoms with van der Waals surface area (Å²) in [4.78, 5) is 1.43. The summed E-state index contributed by atoms with van der Waals surface area (Å²) in [6, 6.07) is 10.2. The second-order valence-electron chi connectivity index (χ2n) is 5.01. The van der Waals surface area contributed by atoms with Crippen LogP contribution in [0.1, 0.15) is 34.9 Å². The SMILES string of the molecule is COc1cccc(C#N)c1NC1CCCc2sc(Br)cc21. The number of hydrogen-bond acceptors (Lipinski definition) is 4. The van der Waals surface area contributed by atoms with Crippen molar-refractivity contribution in [1.82, 2.24) is 0 Å². The summed E-state index contributed by atoms with van der Waals surface area (Å²) in [5, 5.41) is 12.8. The zero-order valence-corrected chi connectivity index (χ0v) is 14.1. The second kappa shape index (κ2) is 6.08. The fraction of sp³-hybridized carbons (Fsp3) is 0.312. The fourth-order valence-corrected chi connectivity index (χ4v) is 4.61. The molecule has 0 spiro atoms. The standard InChI is InChI=1S/C16H15BrN2OS/c1-20-13-6-2-4-10(9-18)16(13)19-12-5-3-7-14-11(12)8-15(17)21-14/h2,4,6,8,12,19H,3,5,7H2,1H3. The molecule has 3 nitrogen and oxygen atoms in total. The van der Waals surface area contributed by atoms with Gasteiger partial charge in [0.1, 0.15) is 11.8 Å². The first kappa shape index (κ1) is 14.4. The molecule has 0 saturated carbocycles. The lowest BCUT2D eigenvalue weighted by Gasteiger charge is -2.26. The van der Waals surface area contributed by atoms with Crippen LogP contribution in [0, 0.1) is 11.3 Å². The van der Waals surface area contributed by atoms with E-state index in [1.54, 1.807) is 18.4 Å². The number of ether oxygens (including phenoxy) is 1. The highest BCUT2D eigenvalue weighted by atomic mass is 79.9. The Morgan fingerprint density at radius 1 is 1.48 bits per heavy atom. The van der Waals surface area contributed by atoms with Gasteiger partial charge in [0.15, 0.2) is 0 Å². The van der Waals surface area contributed by atoms with Gasteiger partial charge >= 0.3 is 0 Å². The van der Waals surface area contributed by atoms with Gasteiger partial charge in [0.25, 0.3) is 0 Å². The quantitative estimate of drug-likeness (QED) is 0.845. The van der Waals surface area contributed by atoms with E-state index in [0.717, 1.165) is 30.7 Å². The number of methoxy groups -OCH3 is 1. The van der Waals surface area contributed by atoms with Crippen molar-refractivity contribution in [1.29, 1.82) is 5.26 Å². The minimum atomic E-state index is 0.236. The van der Waals surface area contributed by atoms with Crippen LogP contribution in [0.4, 0.5) is 5.69 Å². The number of aryl methyl sites for hydroxylation is 1. The van der Waals surface area contributed by atoms with Gasteiger partial charge in [-0.1, -0.05) is 6.07 Å². The van der Waals surface area contributed by atoms with Crippen LogP contribution < -0.4 is 10.1 Å². The molecule has 1 N–H and O–H groups in total. The van der Waals surface area contributed by atoms with Crippen molar-refractivity contribution in [2.24, 2.45) is 0 Å².